The van der Waals surface area contributed by atoms with E-state index in [-0.39, 0.29) is 0 Å². The molecule has 6 aromatic carbocycles. The highest BCUT2D eigenvalue weighted by Crippen LogP contribution is 2.20. The Morgan fingerprint density at radius 1 is 0.283 bits per heavy atom. The molecule has 60 heavy (non-hydrogen) atoms. The second-order valence-corrected chi connectivity index (χ2v) is 13.7. The minimum Gasteiger partial charge on any atom is -0.265 e. The van der Waals surface area contributed by atoms with Crippen molar-refractivity contribution in [3.8, 4) is 0 Å². The van der Waals surface area contributed by atoms with Crippen molar-refractivity contribution in [2.75, 3.05) is 0 Å². The molecule has 0 amide bonds. The predicted octanol–water partition coefficient (Wildman–Crippen LogP) is 13.3. The van der Waals surface area contributed by atoms with Crippen molar-refractivity contribution in [3.05, 3.63) is 195 Å². The smallest absolute Gasteiger partial charge is 0.0672 e. The lowest BCUT2D eigenvalue weighted by Crippen LogP contribution is -1.80. The van der Waals surface area contributed by atoms with Crippen LogP contribution in [0.5, 0.6) is 0 Å². The van der Waals surface area contributed by atoms with Gasteiger partial charge in [0.15, 0.2) is 0 Å². The summed E-state index contributed by atoms with van der Waals surface area (Å²) in [6, 6.07) is 35.1. The lowest BCUT2D eigenvalue weighted by Gasteiger charge is -1.98. The Morgan fingerprint density at radius 3 is 0.717 bits per heavy atom. The first-order valence-electron chi connectivity index (χ1n) is 18.9. The van der Waals surface area contributed by atoms with Crippen molar-refractivity contribution in [2.45, 2.75) is 0 Å². The van der Waals surface area contributed by atoms with Crippen molar-refractivity contribution in [1.29, 1.82) is 0 Å². The maximum Gasteiger partial charge on any atom is 0.0672 e. The van der Waals surface area contributed by atoms with Crippen LogP contribution in [0.25, 0.3) is 89.7 Å². The molecule has 0 atom stereocenters. The summed E-state index contributed by atoms with van der Waals surface area (Å²) in [5, 5.41) is 5.20. The minimum atomic E-state index is 0.642. The molecule has 0 spiro atoms. The van der Waals surface area contributed by atoms with Gasteiger partial charge in [0.2, 0.25) is 0 Å². The second-order valence-electron chi connectivity index (χ2n) is 13.7. The molecule has 7 aromatic rings. The van der Waals surface area contributed by atoms with Gasteiger partial charge in [-0.05, 0) is 177 Å². The fourth-order valence-electron chi connectivity index (χ4n) is 6.33. The van der Waals surface area contributed by atoms with E-state index in [9.17, 15) is 0 Å². The van der Waals surface area contributed by atoms with E-state index in [1.807, 2.05) is 122 Å². The van der Waals surface area contributed by atoms with Crippen LogP contribution in [0, 0.1) is 0 Å². The number of hydrogen-bond acceptors (Lipinski definition) is 8. The molecule has 0 fully saturated rings. The summed E-state index contributed by atoms with van der Waals surface area (Å²) < 4.78 is 0. The molecule has 0 unspecified atom stereocenters. The van der Waals surface area contributed by atoms with Gasteiger partial charge in [0, 0.05) is 37.2 Å². The Balaban J connectivity index is 1.52. The van der Waals surface area contributed by atoms with Gasteiger partial charge in [-0.25, -0.2) is 0 Å². The summed E-state index contributed by atoms with van der Waals surface area (Å²) in [6.45, 7) is 23.5. The van der Waals surface area contributed by atoms with E-state index in [1.54, 1.807) is 49.1 Å². The summed E-state index contributed by atoms with van der Waals surface area (Å²) in [5.41, 5.74) is 9.04. The number of hydrogen-bond donors (Lipinski definition) is 0. The molecule has 0 aliphatic carbocycles. The second kappa shape index (κ2) is 18.7. The molecule has 8 nitrogen and oxygen atoms in total. The topological polar surface area (TPSA) is 102 Å². The monoisotopic (exact) mass is 776 g/mol. The van der Waals surface area contributed by atoms with Gasteiger partial charge in [0.05, 0.1) is 44.5 Å². The van der Waals surface area contributed by atoms with Crippen LogP contribution in [0.3, 0.4) is 0 Å². The van der Waals surface area contributed by atoms with Gasteiger partial charge in [-0.3, -0.25) is 39.9 Å². The predicted molar refractivity (Wildman–Crippen MR) is 256 cm³/mol. The third-order valence-corrected chi connectivity index (χ3v) is 9.18. The highest BCUT2D eigenvalue weighted by molar-refractivity contribution is 5.77. The van der Waals surface area contributed by atoms with Crippen LogP contribution in [0.1, 0.15) is 22.3 Å². The number of benzene rings is 6. The van der Waals surface area contributed by atoms with Crippen LogP contribution < -0.4 is 0 Å². The van der Waals surface area contributed by atoms with Gasteiger partial charge in [-0.1, -0.05) is 50.6 Å². The standard InChI is InChI=1S/C52H40N8/c1-7-35-11-39-17-41(13-35)31-57-49-22-45(53-5)24-51(27-49)59-33-43-15-37(9-3)16-44(19-43)34-60-52-25-46(54-6)23-50(28-52)58-32-42-14-36(8-2)12-40(18-42)30-56-48-21-38(10-4)20-47(26-48)55-29-39/h7-34H,1-6H2. The molecule has 0 saturated carbocycles. The number of aromatic nitrogens is 6. The molecule has 7 rings (SSSR count). The Bertz CT molecular complexity index is 2510. The van der Waals surface area contributed by atoms with E-state index in [4.69, 9.17) is 29.9 Å². The molecular weight excluding hydrogens is 737 g/mol. The van der Waals surface area contributed by atoms with E-state index >= 15 is 0 Å². The molecule has 288 valence electrons. The van der Waals surface area contributed by atoms with Crippen molar-refractivity contribution in [2.24, 2.45) is 9.98 Å². The highest BCUT2D eigenvalue weighted by atomic mass is 14.7. The normalized spacial score (nSPS) is 10.4. The van der Waals surface area contributed by atoms with E-state index < -0.39 is 0 Å². The van der Waals surface area contributed by atoms with E-state index in [0.29, 0.717) is 33.4 Å². The van der Waals surface area contributed by atoms with Gasteiger partial charge >= 0.3 is 0 Å². The van der Waals surface area contributed by atoms with Gasteiger partial charge < -0.3 is 0 Å². The van der Waals surface area contributed by atoms with Crippen LogP contribution in [-0.4, -0.2) is 43.3 Å². The fraction of sp³-hybridized carbons (Fsp3) is 0. The van der Waals surface area contributed by atoms with E-state index in [1.165, 1.54) is 0 Å². The quantitative estimate of drug-likeness (QED) is 0.156. The molecular formula is C52H40N8. The Labute approximate surface area is 348 Å². The van der Waals surface area contributed by atoms with Crippen molar-refractivity contribution >= 4 is 115 Å². The third kappa shape index (κ3) is 10.5. The third-order valence-electron chi connectivity index (χ3n) is 9.18. The summed E-state index contributed by atoms with van der Waals surface area (Å²) in [4.78, 5) is 37.2. The zero-order valence-electron chi connectivity index (χ0n) is 33.0. The van der Waals surface area contributed by atoms with Crippen LogP contribution in [0.2, 0.25) is 0 Å². The van der Waals surface area contributed by atoms with Gasteiger partial charge in [0.25, 0.3) is 0 Å². The molecule has 8 heteroatoms. The van der Waals surface area contributed by atoms with Crippen LogP contribution in [0.4, 0.5) is 11.4 Å². The highest BCUT2D eigenvalue weighted by Gasteiger charge is 1.98. The summed E-state index contributed by atoms with van der Waals surface area (Å²) in [7, 11) is 0. The maximum absolute atomic E-state index is 4.83. The molecule has 12 bridgehead atoms. The first kappa shape index (κ1) is 39.9. The SMILES string of the molecule is C=Cc1cc2cnc3cc(C=C)cc(c3)ncc3cc(C=C)cc(cnc4cc(N=C)cc(c4)ncc4cc(C=C)cc(cnc5cc(N=C)cc(c5)ncc(c1)c2)c4)c3. The Hall–Kier alpha value is -8.36. The molecule has 1 aromatic heterocycles. The van der Waals surface area contributed by atoms with Gasteiger partial charge in [-0.15, -0.1) is 0 Å². The molecule has 0 saturated heterocycles. The maximum atomic E-state index is 4.83. The summed E-state index contributed by atoms with van der Waals surface area (Å²) in [5.74, 6) is 0. The molecule has 0 aliphatic heterocycles. The van der Waals surface area contributed by atoms with Crippen LogP contribution >= 0.6 is 0 Å². The average molecular weight is 777 g/mol. The Morgan fingerprint density at radius 2 is 0.500 bits per heavy atom. The average Bonchev–Trinajstić information content (AvgIpc) is 3.29. The zero-order chi connectivity index (χ0) is 41.8. The summed E-state index contributed by atoms with van der Waals surface area (Å²) >= 11 is 0. The van der Waals surface area contributed by atoms with Gasteiger partial charge in [0.1, 0.15) is 0 Å². The van der Waals surface area contributed by atoms with Crippen molar-refractivity contribution in [3.63, 3.8) is 0 Å². The lowest BCUT2D eigenvalue weighted by molar-refractivity contribution is 1.39. The molecule has 0 aliphatic rings. The van der Waals surface area contributed by atoms with Crippen molar-refractivity contribution in [1.82, 2.24) is 29.9 Å². The fourth-order valence-corrected chi connectivity index (χ4v) is 6.33. The van der Waals surface area contributed by atoms with Crippen LogP contribution in [-0.2, 0) is 0 Å². The number of aliphatic imine (C=N–C) groups is 2. The zero-order valence-corrected chi connectivity index (χ0v) is 33.0. The number of rotatable bonds is 6. The first-order valence-corrected chi connectivity index (χ1v) is 18.9. The number of fused-ring (bicyclic) bond motifs is 12. The lowest BCUT2D eigenvalue weighted by atomic mass is 10.1. The van der Waals surface area contributed by atoms with E-state index in [2.05, 4.69) is 49.7 Å². The molecule has 0 N–H and O–H groups in total. The first-order chi connectivity index (χ1) is 29.3. The van der Waals surface area contributed by atoms with Crippen molar-refractivity contribution < 1.29 is 0 Å². The molecule has 0 radical (unpaired) electrons. The van der Waals surface area contributed by atoms with Gasteiger partial charge in [-0.2, -0.15) is 0 Å². The minimum absolute atomic E-state index is 0.642. The Kier molecular flexibility index (Phi) is 12.4. The summed E-state index contributed by atoms with van der Waals surface area (Å²) in [6.07, 6.45) is 18.0. The molecule has 1 heterocycles. The number of nitrogens with zero attached hydrogens (tertiary/aromatic N) is 8. The van der Waals surface area contributed by atoms with Crippen LogP contribution in [0.15, 0.2) is 183 Å². The van der Waals surface area contributed by atoms with E-state index in [0.717, 1.165) is 65.6 Å². The largest absolute Gasteiger partial charge is 0.265 e.